The van der Waals surface area contributed by atoms with Gasteiger partial charge in [0, 0.05) is 12.1 Å². The van der Waals surface area contributed by atoms with E-state index in [1.165, 1.54) is 24.3 Å². The third kappa shape index (κ3) is 3.00. The van der Waals surface area contributed by atoms with Gasteiger partial charge in [-0.25, -0.2) is 4.79 Å². The van der Waals surface area contributed by atoms with Crippen molar-refractivity contribution in [2.24, 2.45) is 0 Å². The molecule has 2 rings (SSSR count). The van der Waals surface area contributed by atoms with Crippen LogP contribution in [0.3, 0.4) is 0 Å². The zero-order valence-corrected chi connectivity index (χ0v) is 11.1. The molecule has 5 heteroatoms. The highest BCUT2D eigenvalue weighted by atomic mass is 16.6. The maximum Gasteiger partial charge on any atom is 0.343 e. The molecule has 0 unspecified atom stereocenters. The molecule has 5 nitrogen and oxygen atoms in total. The topological polar surface area (TPSA) is 69.4 Å². The number of nitro groups is 1. The number of non-ortho nitro benzene ring substituents is 1. The summed E-state index contributed by atoms with van der Waals surface area (Å²) in [6.45, 7) is 3.90. The van der Waals surface area contributed by atoms with Crippen molar-refractivity contribution in [3.8, 4) is 5.75 Å². The number of hydrogen-bond donors (Lipinski definition) is 0. The average Bonchev–Trinajstić information content (AvgIpc) is 2.43. The Balaban J connectivity index is 2.15. The Hall–Kier alpha value is -2.69. The zero-order valence-electron chi connectivity index (χ0n) is 11.1. The molecule has 2 aromatic rings. The van der Waals surface area contributed by atoms with Crippen molar-refractivity contribution in [1.29, 1.82) is 0 Å². The van der Waals surface area contributed by atoms with E-state index in [9.17, 15) is 14.9 Å². The summed E-state index contributed by atoms with van der Waals surface area (Å²) in [5, 5.41) is 10.5. The van der Waals surface area contributed by atoms with Crippen LogP contribution in [0.25, 0.3) is 0 Å². The Kier molecular flexibility index (Phi) is 3.79. The van der Waals surface area contributed by atoms with Gasteiger partial charge in [-0.05, 0) is 49.2 Å². The highest BCUT2D eigenvalue weighted by Gasteiger charge is 2.11. The molecule has 0 aliphatic rings. The van der Waals surface area contributed by atoms with Crippen LogP contribution < -0.4 is 4.74 Å². The van der Waals surface area contributed by atoms with Crippen molar-refractivity contribution in [1.82, 2.24) is 0 Å². The standard InChI is InChI=1S/C15H13NO4/c1-10-3-8-14(9-11(10)2)20-15(17)12-4-6-13(7-5-12)16(18)19/h3-9H,1-2H3. The predicted octanol–water partition coefficient (Wildman–Crippen LogP) is 3.43. The van der Waals surface area contributed by atoms with Crippen LogP contribution in [-0.2, 0) is 0 Å². The second-order valence-electron chi connectivity index (χ2n) is 4.44. The molecule has 20 heavy (non-hydrogen) atoms. The van der Waals surface area contributed by atoms with E-state index in [1.807, 2.05) is 19.9 Å². The molecule has 2 aromatic carbocycles. The molecule has 0 aliphatic carbocycles. The van der Waals surface area contributed by atoms with Gasteiger partial charge in [0.2, 0.25) is 0 Å². The molecular formula is C15H13NO4. The lowest BCUT2D eigenvalue weighted by atomic mass is 10.1. The third-order valence-electron chi connectivity index (χ3n) is 3.00. The molecule has 0 radical (unpaired) electrons. The molecule has 0 bridgehead atoms. The van der Waals surface area contributed by atoms with Gasteiger partial charge in [0.25, 0.3) is 5.69 Å². The molecule has 0 heterocycles. The molecule has 0 saturated carbocycles. The van der Waals surface area contributed by atoms with E-state index in [2.05, 4.69) is 0 Å². The Morgan fingerprint density at radius 3 is 2.25 bits per heavy atom. The minimum absolute atomic E-state index is 0.0623. The summed E-state index contributed by atoms with van der Waals surface area (Å²) in [5.41, 5.74) is 2.35. The number of nitrogens with zero attached hydrogens (tertiary/aromatic N) is 1. The van der Waals surface area contributed by atoms with E-state index in [-0.39, 0.29) is 11.3 Å². The van der Waals surface area contributed by atoms with Crippen molar-refractivity contribution < 1.29 is 14.5 Å². The van der Waals surface area contributed by atoms with Gasteiger partial charge >= 0.3 is 5.97 Å². The number of carbonyl (C=O) groups excluding carboxylic acids is 1. The van der Waals surface area contributed by atoms with Gasteiger partial charge in [0.1, 0.15) is 5.75 Å². The first-order chi connectivity index (χ1) is 9.47. The molecule has 0 spiro atoms. The fraction of sp³-hybridized carbons (Fsp3) is 0.133. The molecule has 0 aliphatic heterocycles. The molecule has 0 amide bonds. The summed E-state index contributed by atoms with van der Waals surface area (Å²) in [6.07, 6.45) is 0. The lowest BCUT2D eigenvalue weighted by Crippen LogP contribution is -2.08. The first-order valence-corrected chi connectivity index (χ1v) is 6.01. The maximum atomic E-state index is 11.9. The second-order valence-corrected chi connectivity index (χ2v) is 4.44. The highest BCUT2D eigenvalue weighted by Crippen LogP contribution is 2.18. The minimum Gasteiger partial charge on any atom is -0.423 e. The monoisotopic (exact) mass is 271 g/mol. The highest BCUT2D eigenvalue weighted by molar-refractivity contribution is 5.91. The van der Waals surface area contributed by atoms with Gasteiger partial charge in [-0.1, -0.05) is 6.07 Å². The van der Waals surface area contributed by atoms with Crippen molar-refractivity contribution in [3.63, 3.8) is 0 Å². The van der Waals surface area contributed by atoms with Gasteiger partial charge < -0.3 is 4.74 Å². The maximum absolute atomic E-state index is 11.9. The largest absolute Gasteiger partial charge is 0.423 e. The van der Waals surface area contributed by atoms with Crippen LogP contribution >= 0.6 is 0 Å². The van der Waals surface area contributed by atoms with Gasteiger partial charge in [0.05, 0.1) is 10.5 Å². The van der Waals surface area contributed by atoms with Gasteiger partial charge in [-0.15, -0.1) is 0 Å². The summed E-state index contributed by atoms with van der Waals surface area (Å²) >= 11 is 0. The van der Waals surface area contributed by atoms with Crippen LogP contribution in [0.5, 0.6) is 5.75 Å². The average molecular weight is 271 g/mol. The van der Waals surface area contributed by atoms with Gasteiger partial charge in [-0.2, -0.15) is 0 Å². The number of nitro benzene ring substituents is 1. The van der Waals surface area contributed by atoms with Gasteiger partial charge in [0.15, 0.2) is 0 Å². The van der Waals surface area contributed by atoms with E-state index in [1.54, 1.807) is 12.1 Å². The van der Waals surface area contributed by atoms with E-state index in [4.69, 9.17) is 4.74 Å². The molecule has 102 valence electrons. The summed E-state index contributed by atoms with van der Waals surface area (Å²) in [5.74, 6) is -0.0837. The quantitative estimate of drug-likeness (QED) is 0.371. The Morgan fingerprint density at radius 1 is 1.05 bits per heavy atom. The first-order valence-electron chi connectivity index (χ1n) is 6.01. The Morgan fingerprint density at radius 2 is 1.70 bits per heavy atom. The molecular weight excluding hydrogens is 258 g/mol. The fourth-order valence-corrected chi connectivity index (χ4v) is 1.66. The third-order valence-corrected chi connectivity index (χ3v) is 3.00. The summed E-state index contributed by atoms with van der Waals surface area (Å²) in [6, 6.07) is 10.7. The number of esters is 1. The molecule has 0 saturated heterocycles. The van der Waals surface area contributed by atoms with Crippen molar-refractivity contribution in [2.75, 3.05) is 0 Å². The SMILES string of the molecule is Cc1ccc(OC(=O)c2ccc([N+](=O)[O-])cc2)cc1C. The summed E-state index contributed by atoms with van der Waals surface area (Å²) < 4.78 is 5.23. The lowest BCUT2D eigenvalue weighted by molar-refractivity contribution is -0.384. The van der Waals surface area contributed by atoms with Crippen LogP contribution in [-0.4, -0.2) is 10.9 Å². The number of benzene rings is 2. The van der Waals surface area contributed by atoms with Crippen LogP contribution in [0.15, 0.2) is 42.5 Å². The number of carbonyl (C=O) groups is 1. The van der Waals surface area contributed by atoms with Crippen LogP contribution in [0.4, 0.5) is 5.69 Å². The number of hydrogen-bond acceptors (Lipinski definition) is 4. The first kappa shape index (κ1) is 13.7. The van der Waals surface area contributed by atoms with Crippen molar-refractivity contribution in [2.45, 2.75) is 13.8 Å². The Labute approximate surface area is 116 Å². The van der Waals surface area contributed by atoms with E-state index < -0.39 is 10.9 Å². The van der Waals surface area contributed by atoms with E-state index in [0.29, 0.717) is 5.75 Å². The second kappa shape index (κ2) is 5.52. The Bertz CT molecular complexity index is 662. The van der Waals surface area contributed by atoms with Crippen molar-refractivity contribution >= 4 is 11.7 Å². The molecule has 0 atom stereocenters. The van der Waals surface area contributed by atoms with E-state index >= 15 is 0 Å². The smallest absolute Gasteiger partial charge is 0.343 e. The number of rotatable bonds is 3. The van der Waals surface area contributed by atoms with Crippen LogP contribution in [0.2, 0.25) is 0 Å². The van der Waals surface area contributed by atoms with Crippen LogP contribution in [0.1, 0.15) is 21.5 Å². The van der Waals surface area contributed by atoms with Crippen LogP contribution in [0, 0.1) is 24.0 Å². The normalized spacial score (nSPS) is 10.1. The van der Waals surface area contributed by atoms with Gasteiger partial charge in [-0.3, -0.25) is 10.1 Å². The molecule has 0 fully saturated rings. The van der Waals surface area contributed by atoms with E-state index in [0.717, 1.165) is 11.1 Å². The number of aryl methyl sites for hydroxylation is 2. The summed E-state index contributed by atoms with van der Waals surface area (Å²) in [7, 11) is 0. The minimum atomic E-state index is -0.539. The number of ether oxygens (including phenoxy) is 1. The summed E-state index contributed by atoms with van der Waals surface area (Å²) in [4.78, 5) is 21.9. The van der Waals surface area contributed by atoms with Crippen molar-refractivity contribution in [3.05, 3.63) is 69.3 Å². The predicted molar refractivity (Wildman–Crippen MR) is 74.0 cm³/mol. The fourth-order valence-electron chi connectivity index (χ4n) is 1.66. The lowest BCUT2D eigenvalue weighted by Gasteiger charge is -2.06. The molecule has 0 N–H and O–H groups in total. The molecule has 0 aromatic heterocycles. The zero-order chi connectivity index (χ0) is 14.7.